The molecule has 0 aliphatic carbocycles. The molecule has 0 aliphatic rings. The molecule has 0 saturated carbocycles. The maximum atomic E-state index is 4.58. The quantitative estimate of drug-likeness (QED) is 0.749. The third-order valence-corrected chi connectivity index (χ3v) is 1.97. The molecule has 0 radical (unpaired) electrons. The highest BCUT2D eigenvalue weighted by molar-refractivity contribution is 5.03. The zero-order valence-corrected chi connectivity index (χ0v) is 8.64. The first-order valence-electron chi connectivity index (χ1n) is 4.59. The lowest BCUT2D eigenvalue weighted by atomic mass is 10.3. The average Bonchev–Trinajstić information content (AvgIpc) is 2.77. The van der Waals surface area contributed by atoms with E-state index in [0.717, 1.165) is 17.2 Å². The van der Waals surface area contributed by atoms with Crippen molar-refractivity contribution < 1.29 is 4.63 Å². The largest absolute Gasteiger partial charge is 0.304 e. The number of rotatable bonds is 4. The second-order valence-electron chi connectivity index (χ2n) is 3.23. The Kier molecular flexibility index (Phi) is 2.72. The average molecular weight is 208 g/mol. The van der Waals surface area contributed by atoms with Crippen molar-refractivity contribution in [3.8, 4) is 0 Å². The van der Waals surface area contributed by atoms with Crippen LogP contribution in [0.4, 0.5) is 0 Å². The fraction of sp³-hybridized carbons (Fsp3) is 0.500. The Hall–Kier alpha value is -1.76. The first-order chi connectivity index (χ1) is 7.25. The van der Waals surface area contributed by atoms with E-state index in [2.05, 4.69) is 30.3 Å². The third-order valence-electron chi connectivity index (χ3n) is 1.97. The first kappa shape index (κ1) is 9.78. The van der Waals surface area contributed by atoms with Crippen LogP contribution in [0.25, 0.3) is 0 Å². The van der Waals surface area contributed by atoms with Crippen LogP contribution in [0.5, 0.6) is 0 Å². The second-order valence-corrected chi connectivity index (χ2v) is 3.23. The molecule has 80 valence electrons. The van der Waals surface area contributed by atoms with Gasteiger partial charge in [0.05, 0.1) is 6.54 Å². The van der Waals surface area contributed by atoms with Crippen LogP contribution in [-0.4, -0.2) is 25.1 Å². The summed E-state index contributed by atoms with van der Waals surface area (Å²) in [5.41, 5.74) is 1.61. The fourth-order valence-corrected chi connectivity index (χ4v) is 1.17. The predicted octanol–water partition coefficient (Wildman–Crippen LogP) is -0.204. The van der Waals surface area contributed by atoms with Gasteiger partial charge in [0.15, 0.2) is 5.82 Å². The normalized spacial score (nSPS) is 10.8. The van der Waals surface area contributed by atoms with E-state index in [1.807, 2.05) is 14.0 Å². The molecule has 0 bridgehead atoms. The molecule has 15 heavy (non-hydrogen) atoms. The van der Waals surface area contributed by atoms with Gasteiger partial charge in [0, 0.05) is 13.6 Å². The van der Waals surface area contributed by atoms with Crippen LogP contribution < -0.4 is 5.32 Å². The SMILES string of the molecule is Cc1nonc1CNCc1ncn(C)n1. The predicted molar refractivity (Wildman–Crippen MR) is 50.6 cm³/mol. The van der Waals surface area contributed by atoms with Crippen molar-refractivity contribution in [2.75, 3.05) is 0 Å². The van der Waals surface area contributed by atoms with E-state index in [1.54, 1.807) is 11.0 Å². The molecule has 0 fully saturated rings. The Morgan fingerprint density at radius 1 is 1.40 bits per heavy atom. The third kappa shape index (κ3) is 2.38. The van der Waals surface area contributed by atoms with Gasteiger partial charge in [-0.05, 0) is 6.92 Å². The van der Waals surface area contributed by atoms with Gasteiger partial charge in [0.2, 0.25) is 0 Å². The minimum absolute atomic E-state index is 0.604. The summed E-state index contributed by atoms with van der Waals surface area (Å²) in [5.74, 6) is 0.756. The summed E-state index contributed by atoms with van der Waals surface area (Å²) in [6.45, 7) is 3.06. The summed E-state index contributed by atoms with van der Waals surface area (Å²) >= 11 is 0. The van der Waals surface area contributed by atoms with E-state index in [1.165, 1.54) is 0 Å². The molecule has 2 aromatic heterocycles. The zero-order valence-electron chi connectivity index (χ0n) is 8.64. The summed E-state index contributed by atoms with van der Waals surface area (Å²) in [4.78, 5) is 4.09. The van der Waals surface area contributed by atoms with Crippen molar-refractivity contribution in [3.63, 3.8) is 0 Å². The van der Waals surface area contributed by atoms with Crippen LogP contribution in [0, 0.1) is 6.92 Å². The summed E-state index contributed by atoms with van der Waals surface area (Å²) < 4.78 is 6.24. The fourth-order valence-electron chi connectivity index (χ4n) is 1.17. The first-order valence-corrected chi connectivity index (χ1v) is 4.59. The molecule has 7 nitrogen and oxygen atoms in total. The number of nitrogens with zero attached hydrogens (tertiary/aromatic N) is 5. The molecule has 0 amide bonds. The zero-order chi connectivity index (χ0) is 10.7. The van der Waals surface area contributed by atoms with Gasteiger partial charge in [-0.1, -0.05) is 10.3 Å². The van der Waals surface area contributed by atoms with Crippen LogP contribution in [0.15, 0.2) is 11.0 Å². The van der Waals surface area contributed by atoms with Crippen molar-refractivity contribution >= 4 is 0 Å². The molecule has 1 N–H and O–H groups in total. The highest BCUT2D eigenvalue weighted by Gasteiger charge is 2.04. The highest BCUT2D eigenvalue weighted by Crippen LogP contribution is 1.99. The lowest BCUT2D eigenvalue weighted by molar-refractivity contribution is 0.300. The van der Waals surface area contributed by atoms with Crippen LogP contribution in [-0.2, 0) is 20.1 Å². The lowest BCUT2D eigenvalue weighted by Gasteiger charge is -1.97. The van der Waals surface area contributed by atoms with E-state index < -0.39 is 0 Å². The number of aryl methyl sites for hydroxylation is 2. The Bertz CT molecular complexity index is 434. The Balaban J connectivity index is 1.83. The van der Waals surface area contributed by atoms with E-state index in [9.17, 15) is 0 Å². The van der Waals surface area contributed by atoms with Crippen molar-refractivity contribution in [2.24, 2.45) is 7.05 Å². The van der Waals surface area contributed by atoms with Gasteiger partial charge in [0.1, 0.15) is 17.7 Å². The van der Waals surface area contributed by atoms with Gasteiger partial charge in [-0.3, -0.25) is 4.68 Å². The standard InChI is InChI=1S/C8H12N6O/c1-6-7(13-15-12-6)3-9-4-8-10-5-14(2)11-8/h5,9H,3-4H2,1-2H3. The molecule has 0 aliphatic heterocycles. The molecule has 2 rings (SSSR count). The molecule has 0 unspecified atom stereocenters. The Morgan fingerprint density at radius 3 is 2.87 bits per heavy atom. The van der Waals surface area contributed by atoms with Crippen LogP contribution in [0.2, 0.25) is 0 Å². The molecule has 7 heteroatoms. The Labute approximate surface area is 86.5 Å². The van der Waals surface area contributed by atoms with E-state index in [-0.39, 0.29) is 0 Å². The van der Waals surface area contributed by atoms with Crippen LogP contribution >= 0.6 is 0 Å². The van der Waals surface area contributed by atoms with Crippen molar-refractivity contribution in [1.82, 2.24) is 30.4 Å². The number of nitrogens with one attached hydrogen (secondary N) is 1. The van der Waals surface area contributed by atoms with Gasteiger partial charge in [-0.15, -0.1) is 0 Å². The molecule has 0 spiro atoms. The topological polar surface area (TPSA) is 81.7 Å². The number of hydrogen-bond acceptors (Lipinski definition) is 6. The lowest BCUT2D eigenvalue weighted by Crippen LogP contribution is -2.14. The van der Waals surface area contributed by atoms with Crippen molar-refractivity contribution in [3.05, 3.63) is 23.5 Å². The molecule has 0 aromatic carbocycles. The van der Waals surface area contributed by atoms with Crippen LogP contribution in [0.1, 0.15) is 17.2 Å². The Morgan fingerprint density at radius 2 is 2.27 bits per heavy atom. The van der Waals surface area contributed by atoms with Crippen molar-refractivity contribution in [1.29, 1.82) is 0 Å². The minimum atomic E-state index is 0.604. The summed E-state index contributed by atoms with van der Waals surface area (Å²) in [6.07, 6.45) is 1.67. The van der Waals surface area contributed by atoms with E-state index in [0.29, 0.717) is 13.1 Å². The van der Waals surface area contributed by atoms with Crippen LogP contribution in [0.3, 0.4) is 0 Å². The number of aromatic nitrogens is 5. The molecule has 2 aromatic rings. The molecular weight excluding hydrogens is 196 g/mol. The minimum Gasteiger partial charge on any atom is -0.304 e. The van der Waals surface area contributed by atoms with Gasteiger partial charge < -0.3 is 5.32 Å². The van der Waals surface area contributed by atoms with Gasteiger partial charge in [0.25, 0.3) is 0 Å². The van der Waals surface area contributed by atoms with Gasteiger partial charge in [-0.2, -0.15) is 5.10 Å². The molecule has 0 atom stereocenters. The van der Waals surface area contributed by atoms with E-state index >= 15 is 0 Å². The molecule has 2 heterocycles. The molecular formula is C8H12N6O. The van der Waals surface area contributed by atoms with Gasteiger partial charge >= 0.3 is 0 Å². The van der Waals surface area contributed by atoms with Gasteiger partial charge in [-0.25, -0.2) is 9.61 Å². The second kappa shape index (κ2) is 4.18. The monoisotopic (exact) mass is 208 g/mol. The smallest absolute Gasteiger partial charge is 0.164 e. The maximum absolute atomic E-state index is 4.58. The highest BCUT2D eigenvalue weighted by atomic mass is 16.6. The van der Waals surface area contributed by atoms with Crippen molar-refractivity contribution in [2.45, 2.75) is 20.0 Å². The summed E-state index contributed by atoms with van der Waals surface area (Å²) in [7, 11) is 1.84. The summed E-state index contributed by atoms with van der Waals surface area (Å²) in [6, 6.07) is 0. The maximum Gasteiger partial charge on any atom is 0.164 e. The molecule has 0 saturated heterocycles. The van der Waals surface area contributed by atoms with E-state index in [4.69, 9.17) is 0 Å². The summed E-state index contributed by atoms with van der Waals surface area (Å²) in [5, 5.41) is 14.7. The number of hydrogen-bond donors (Lipinski definition) is 1.